The Balaban J connectivity index is 3.88. The summed E-state index contributed by atoms with van der Waals surface area (Å²) in [6.45, 7) is 5.42. The molecule has 10 heavy (non-hydrogen) atoms. The molecule has 0 aromatic carbocycles. The van der Waals surface area contributed by atoms with E-state index in [1.165, 1.54) is 6.20 Å². The van der Waals surface area contributed by atoms with E-state index in [1.54, 1.807) is 0 Å². The summed E-state index contributed by atoms with van der Waals surface area (Å²) in [6, 6.07) is 0. The summed E-state index contributed by atoms with van der Waals surface area (Å²) >= 11 is 0. The quantitative estimate of drug-likeness (QED) is 0.541. The number of rotatable bonds is 3. The Morgan fingerprint density at radius 1 is 1.50 bits per heavy atom. The van der Waals surface area contributed by atoms with Crippen LogP contribution in [0.1, 0.15) is 6.92 Å². The van der Waals surface area contributed by atoms with E-state index in [1.807, 2.05) is 38.2 Å². The van der Waals surface area contributed by atoms with E-state index in [-0.39, 0.29) is 0 Å². The van der Waals surface area contributed by atoms with E-state index in [0.29, 0.717) is 0 Å². The van der Waals surface area contributed by atoms with Crippen LogP contribution in [0.3, 0.4) is 0 Å². The predicted octanol–water partition coefficient (Wildman–Crippen LogP) is 1.67. The zero-order chi connectivity index (χ0) is 7.98. The Labute approximate surface area is 62.6 Å². The second kappa shape index (κ2) is 4.79. The summed E-state index contributed by atoms with van der Waals surface area (Å²) in [5.41, 5.74) is 0.962. The first kappa shape index (κ1) is 8.95. The van der Waals surface area contributed by atoms with Crippen molar-refractivity contribution < 1.29 is 0 Å². The maximum Gasteiger partial charge on any atom is 0.0386 e. The molecule has 0 aliphatic heterocycles. The Hall–Kier alpha value is -1.05. The van der Waals surface area contributed by atoms with Gasteiger partial charge in [-0.15, -0.1) is 0 Å². The molecule has 0 N–H and O–H groups in total. The number of hydrogen-bond donors (Lipinski definition) is 0. The lowest BCUT2D eigenvalue weighted by molar-refractivity contribution is 0.564. The van der Waals surface area contributed by atoms with Crippen molar-refractivity contribution in [2.24, 2.45) is 4.99 Å². The largest absolute Gasteiger partial charge is 0.383 e. The van der Waals surface area contributed by atoms with Crippen molar-refractivity contribution in [3.05, 3.63) is 25.1 Å². The van der Waals surface area contributed by atoms with Crippen LogP contribution in [0.15, 0.2) is 30.0 Å². The molecule has 0 radical (unpaired) electrons. The van der Waals surface area contributed by atoms with E-state index in [2.05, 4.69) is 11.6 Å². The van der Waals surface area contributed by atoms with E-state index < -0.39 is 0 Å². The molecule has 2 heteroatoms. The normalized spacial score (nSPS) is 12.1. The van der Waals surface area contributed by atoms with Gasteiger partial charge in [-0.25, -0.2) is 0 Å². The van der Waals surface area contributed by atoms with Gasteiger partial charge >= 0.3 is 0 Å². The highest BCUT2D eigenvalue weighted by molar-refractivity contribution is 5.92. The van der Waals surface area contributed by atoms with Gasteiger partial charge in [0.05, 0.1) is 0 Å². The maximum atomic E-state index is 3.96. The van der Waals surface area contributed by atoms with Crippen LogP contribution < -0.4 is 0 Å². The van der Waals surface area contributed by atoms with Crippen molar-refractivity contribution in [3.8, 4) is 0 Å². The summed E-state index contributed by atoms with van der Waals surface area (Å²) in [6.07, 6.45) is 5.42. The second-order valence-corrected chi connectivity index (χ2v) is 2.23. The summed E-state index contributed by atoms with van der Waals surface area (Å²) in [5, 5.41) is 0. The molecule has 0 atom stereocenters. The number of nitrogens with zero attached hydrogens (tertiary/aromatic N) is 2. The molecule has 0 saturated carbocycles. The third kappa shape index (κ3) is 5.09. The first-order chi connectivity index (χ1) is 4.66. The lowest BCUT2D eigenvalue weighted by Crippen LogP contribution is -2.01. The molecule has 0 amide bonds. The molecule has 0 aliphatic carbocycles. The number of hydrogen-bond acceptors (Lipinski definition) is 2. The third-order valence-corrected chi connectivity index (χ3v) is 0.909. The van der Waals surface area contributed by atoms with Crippen molar-refractivity contribution >= 4 is 5.71 Å². The average molecular weight is 138 g/mol. The van der Waals surface area contributed by atoms with E-state index in [4.69, 9.17) is 0 Å². The zero-order valence-electron chi connectivity index (χ0n) is 6.83. The Morgan fingerprint density at radius 3 is 2.50 bits per heavy atom. The highest BCUT2D eigenvalue weighted by Gasteiger charge is 1.79. The number of allylic oxidation sites excluding steroid dienone is 1. The Bertz CT molecular complexity index is 155. The van der Waals surface area contributed by atoms with Gasteiger partial charge in [-0.1, -0.05) is 6.58 Å². The number of aliphatic imine (C=N–C) groups is 1. The van der Waals surface area contributed by atoms with Crippen molar-refractivity contribution in [1.82, 2.24) is 4.90 Å². The van der Waals surface area contributed by atoms with Gasteiger partial charge in [0, 0.05) is 32.2 Å². The molecule has 0 heterocycles. The minimum Gasteiger partial charge on any atom is -0.383 e. The summed E-state index contributed by atoms with van der Waals surface area (Å²) in [4.78, 5) is 5.92. The summed E-state index contributed by atoms with van der Waals surface area (Å²) in [5.74, 6) is 0. The van der Waals surface area contributed by atoms with Crippen molar-refractivity contribution in [3.63, 3.8) is 0 Å². The van der Waals surface area contributed by atoms with Gasteiger partial charge in [0.15, 0.2) is 0 Å². The first-order valence-electron chi connectivity index (χ1n) is 3.16. The molecule has 0 aromatic heterocycles. The first-order valence-corrected chi connectivity index (χ1v) is 3.16. The van der Waals surface area contributed by atoms with Crippen LogP contribution >= 0.6 is 0 Å². The fourth-order valence-corrected chi connectivity index (χ4v) is 0.444. The Morgan fingerprint density at radius 2 is 2.10 bits per heavy atom. The highest BCUT2D eigenvalue weighted by Crippen LogP contribution is 1.83. The van der Waals surface area contributed by atoms with Crippen molar-refractivity contribution in [1.29, 1.82) is 0 Å². The minimum absolute atomic E-state index is 0.962. The zero-order valence-corrected chi connectivity index (χ0v) is 6.83. The van der Waals surface area contributed by atoms with Crippen molar-refractivity contribution in [2.75, 3.05) is 14.1 Å². The lowest BCUT2D eigenvalue weighted by atomic mass is 10.4. The molecule has 0 spiro atoms. The molecule has 0 unspecified atom stereocenters. The van der Waals surface area contributed by atoms with E-state index in [0.717, 1.165) is 5.71 Å². The SMILES string of the molecule is C=CN=C(C)/C=C\N(C)C. The van der Waals surface area contributed by atoms with Gasteiger partial charge < -0.3 is 4.90 Å². The van der Waals surface area contributed by atoms with Gasteiger partial charge in [0.2, 0.25) is 0 Å². The van der Waals surface area contributed by atoms with Crippen molar-refractivity contribution in [2.45, 2.75) is 6.92 Å². The van der Waals surface area contributed by atoms with E-state index in [9.17, 15) is 0 Å². The minimum atomic E-state index is 0.962. The topological polar surface area (TPSA) is 15.6 Å². The molecule has 0 fully saturated rings. The molecule has 2 nitrogen and oxygen atoms in total. The monoisotopic (exact) mass is 138 g/mol. The van der Waals surface area contributed by atoms with E-state index >= 15 is 0 Å². The summed E-state index contributed by atoms with van der Waals surface area (Å²) < 4.78 is 0. The van der Waals surface area contributed by atoms with Crippen LogP contribution in [0.4, 0.5) is 0 Å². The predicted molar refractivity (Wildman–Crippen MR) is 46.1 cm³/mol. The molecule has 56 valence electrons. The van der Waals surface area contributed by atoms with Crippen LogP contribution in [0.5, 0.6) is 0 Å². The molecule has 0 rings (SSSR count). The smallest absolute Gasteiger partial charge is 0.0386 e. The highest BCUT2D eigenvalue weighted by atomic mass is 15.0. The lowest BCUT2D eigenvalue weighted by Gasteiger charge is -2.01. The third-order valence-electron chi connectivity index (χ3n) is 0.909. The molecule has 0 saturated heterocycles. The average Bonchev–Trinajstić information content (AvgIpc) is 1.85. The molecular formula is C8H14N2. The van der Waals surface area contributed by atoms with Gasteiger partial charge in [-0.05, 0) is 13.0 Å². The maximum absolute atomic E-state index is 3.96. The fraction of sp³-hybridized carbons (Fsp3) is 0.375. The van der Waals surface area contributed by atoms with Crippen LogP contribution in [0.2, 0.25) is 0 Å². The second-order valence-electron chi connectivity index (χ2n) is 2.23. The molecule has 0 bridgehead atoms. The Kier molecular flexibility index (Phi) is 4.29. The standard InChI is InChI=1S/C8H14N2/c1-5-9-8(2)6-7-10(3)4/h5-7H,1H2,2-4H3/b7-6-,9-8?. The van der Waals surface area contributed by atoms with Crippen LogP contribution in [-0.2, 0) is 0 Å². The summed E-state index contributed by atoms with van der Waals surface area (Å²) in [7, 11) is 3.94. The molecular weight excluding hydrogens is 124 g/mol. The van der Waals surface area contributed by atoms with Crippen LogP contribution in [-0.4, -0.2) is 24.7 Å². The van der Waals surface area contributed by atoms with Crippen LogP contribution in [0, 0.1) is 0 Å². The van der Waals surface area contributed by atoms with Crippen LogP contribution in [0.25, 0.3) is 0 Å². The molecule has 0 aliphatic rings. The fourth-order valence-electron chi connectivity index (χ4n) is 0.444. The van der Waals surface area contributed by atoms with Gasteiger partial charge in [0.25, 0.3) is 0 Å². The van der Waals surface area contributed by atoms with Gasteiger partial charge in [0.1, 0.15) is 0 Å². The van der Waals surface area contributed by atoms with Gasteiger partial charge in [-0.2, -0.15) is 0 Å². The van der Waals surface area contributed by atoms with Gasteiger partial charge in [-0.3, -0.25) is 4.99 Å². The molecule has 0 aromatic rings.